The molecule has 2 saturated carbocycles. The van der Waals surface area contributed by atoms with E-state index in [1.165, 1.54) is 42.8 Å². The van der Waals surface area contributed by atoms with Gasteiger partial charge in [0.1, 0.15) is 5.69 Å². The number of hydrogen-bond acceptors (Lipinski definition) is 4. The van der Waals surface area contributed by atoms with Crippen molar-refractivity contribution < 1.29 is 9.90 Å². The van der Waals surface area contributed by atoms with Gasteiger partial charge in [-0.3, -0.25) is 4.98 Å². The molecule has 25 heavy (non-hydrogen) atoms. The van der Waals surface area contributed by atoms with Crippen LogP contribution in [-0.4, -0.2) is 27.6 Å². The Hall–Kier alpha value is -2.43. The summed E-state index contributed by atoms with van der Waals surface area (Å²) < 4.78 is 0. The molecule has 1 aliphatic heterocycles. The molecule has 2 fully saturated rings. The highest BCUT2D eigenvalue weighted by Gasteiger charge is 2.31. The molecule has 0 saturated heterocycles. The molecule has 5 nitrogen and oxygen atoms in total. The minimum atomic E-state index is -0.962. The molecule has 2 aromatic rings. The Morgan fingerprint density at radius 3 is 2.32 bits per heavy atom. The molecule has 0 spiro atoms. The molecule has 0 atom stereocenters. The van der Waals surface area contributed by atoms with Crippen molar-refractivity contribution in [1.82, 2.24) is 9.97 Å². The van der Waals surface area contributed by atoms with Gasteiger partial charge >= 0.3 is 5.97 Å². The molecule has 0 bridgehead atoms. The number of aromatic carboxylic acids is 1. The predicted octanol–water partition coefficient (Wildman–Crippen LogP) is 4.01. The molecule has 3 aliphatic rings. The summed E-state index contributed by atoms with van der Waals surface area (Å²) in [6.45, 7) is 0.944. The van der Waals surface area contributed by atoms with E-state index in [4.69, 9.17) is 4.98 Å². The minimum Gasteiger partial charge on any atom is -0.477 e. The number of fused-ring (bicyclic) bond motifs is 1. The van der Waals surface area contributed by atoms with Crippen molar-refractivity contribution in [2.45, 2.75) is 50.4 Å². The van der Waals surface area contributed by atoms with E-state index in [2.05, 4.69) is 22.0 Å². The summed E-state index contributed by atoms with van der Waals surface area (Å²) in [5, 5.41) is 9.19. The van der Waals surface area contributed by atoms with Crippen molar-refractivity contribution in [3.05, 3.63) is 47.0 Å². The minimum absolute atomic E-state index is 0.132. The van der Waals surface area contributed by atoms with E-state index in [0.29, 0.717) is 11.8 Å². The second-order valence-corrected chi connectivity index (χ2v) is 7.45. The van der Waals surface area contributed by atoms with Crippen LogP contribution in [0.4, 0.5) is 11.4 Å². The number of rotatable bonds is 4. The fraction of sp³-hybridized carbons (Fsp3) is 0.450. The highest BCUT2D eigenvalue weighted by molar-refractivity contribution is 5.86. The Morgan fingerprint density at radius 1 is 1.04 bits per heavy atom. The van der Waals surface area contributed by atoms with Crippen LogP contribution < -0.4 is 4.90 Å². The number of anilines is 2. The maximum Gasteiger partial charge on any atom is 0.354 e. The third-order valence-corrected chi connectivity index (χ3v) is 5.41. The Morgan fingerprint density at radius 2 is 1.72 bits per heavy atom. The topological polar surface area (TPSA) is 66.3 Å². The normalized spacial score (nSPS) is 19.6. The van der Waals surface area contributed by atoms with Gasteiger partial charge in [0, 0.05) is 35.5 Å². The number of carboxylic acid groups (broad SMARTS) is 1. The molecule has 0 amide bonds. The van der Waals surface area contributed by atoms with E-state index in [1.54, 1.807) is 6.07 Å². The number of nitrogens with zero attached hydrogens (tertiary/aromatic N) is 3. The molecule has 2 aromatic heterocycles. The number of carbonyl (C=O) groups is 1. The zero-order valence-corrected chi connectivity index (χ0v) is 14.1. The van der Waals surface area contributed by atoms with Crippen molar-refractivity contribution in [3.63, 3.8) is 0 Å². The van der Waals surface area contributed by atoms with Crippen molar-refractivity contribution in [1.29, 1.82) is 0 Å². The summed E-state index contributed by atoms with van der Waals surface area (Å²) in [6, 6.07) is 8.01. The Labute approximate surface area is 146 Å². The molecule has 2 aliphatic carbocycles. The van der Waals surface area contributed by atoms with Crippen molar-refractivity contribution in [2.75, 3.05) is 11.4 Å². The Balaban J connectivity index is 1.57. The van der Waals surface area contributed by atoms with E-state index in [9.17, 15) is 9.90 Å². The Bertz CT molecular complexity index is 826. The predicted molar refractivity (Wildman–Crippen MR) is 94.7 cm³/mol. The molecular weight excluding hydrogens is 314 g/mol. The van der Waals surface area contributed by atoms with E-state index >= 15 is 0 Å². The molecule has 1 N–H and O–H groups in total. The lowest BCUT2D eigenvalue weighted by Crippen LogP contribution is -2.26. The largest absolute Gasteiger partial charge is 0.477 e. The summed E-state index contributed by atoms with van der Waals surface area (Å²) in [7, 11) is 0. The van der Waals surface area contributed by atoms with E-state index in [-0.39, 0.29) is 5.69 Å². The smallest absolute Gasteiger partial charge is 0.354 e. The lowest BCUT2D eigenvalue weighted by molar-refractivity contribution is 0.0690. The van der Waals surface area contributed by atoms with E-state index in [1.807, 2.05) is 6.07 Å². The van der Waals surface area contributed by atoms with E-state index in [0.717, 1.165) is 30.8 Å². The first kappa shape index (κ1) is 14.9. The molecule has 0 unspecified atom stereocenters. The molecule has 0 radical (unpaired) electrons. The van der Waals surface area contributed by atoms with Crippen LogP contribution in [0, 0.1) is 0 Å². The fourth-order valence-electron chi connectivity index (χ4n) is 3.73. The first-order valence-electron chi connectivity index (χ1n) is 9.21. The van der Waals surface area contributed by atoms with Gasteiger partial charge in [-0.25, -0.2) is 9.78 Å². The lowest BCUT2D eigenvalue weighted by Gasteiger charge is -2.31. The van der Waals surface area contributed by atoms with Gasteiger partial charge in [-0.1, -0.05) is 0 Å². The van der Waals surface area contributed by atoms with Gasteiger partial charge in [0.15, 0.2) is 0 Å². The molecule has 5 heteroatoms. The van der Waals surface area contributed by atoms with Gasteiger partial charge in [0.05, 0.1) is 11.4 Å². The van der Waals surface area contributed by atoms with Gasteiger partial charge in [0.25, 0.3) is 0 Å². The maximum absolute atomic E-state index is 11.2. The van der Waals surface area contributed by atoms with Crippen LogP contribution in [0.1, 0.15) is 71.5 Å². The molecule has 0 aromatic carbocycles. The molecule has 3 heterocycles. The zero-order valence-electron chi connectivity index (χ0n) is 14.1. The molecular formula is C20H21N3O2. The standard InChI is InChI=1S/C20H21N3O2/c24-20(25)16-7-8-19-15(21-16)2-1-9-23(19)14-10-17(12-3-4-12)22-18(11-14)13-5-6-13/h7-8,10-13H,1-6,9H2,(H,24,25). The number of pyridine rings is 2. The SMILES string of the molecule is O=C(O)c1ccc2c(n1)CCCN2c1cc(C2CC2)nc(C2CC2)c1. The zero-order chi connectivity index (χ0) is 17.0. The number of aromatic nitrogens is 2. The van der Waals surface area contributed by atoms with Crippen LogP contribution in [0.3, 0.4) is 0 Å². The third kappa shape index (κ3) is 2.77. The first-order valence-corrected chi connectivity index (χ1v) is 9.21. The van der Waals surface area contributed by atoms with Gasteiger partial charge in [-0.15, -0.1) is 0 Å². The van der Waals surface area contributed by atoms with Crippen molar-refractivity contribution in [2.24, 2.45) is 0 Å². The van der Waals surface area contributed by atoms with Crippen LogP contribution in [0.5, 0.6) is 0 Å². The number of aryl methyl sites for hydroxylation is 1. The van der Waals surface area contributed by atoms with Crippen LogP contribution in [-0.2, 0) is 6.42 Å². The quantitative estimate of drug-likeness (QED) is 0.914. The maximum atomic E-state index is 11.2. The summed E-state index contributed by atoms with van der Waals surface area (Å²) in [5.41, 5.74) is 5.75. The average molecular weight is 335 g/mol. The summed E-state index contributed by atoms with van der Waals surface area (Å²) >= 11 is 0. The monoisotopic (exact) mass is 335 g/mol. The highest BCUT2D eigenvalue weighted by Crippen LogP contribution is 2.45. The van der Waals surface area contributed by atoms with Gasteiger partial charge in [-0.05, 0) is 62.8 Å². The van der Waals surface area contributed by atoms with Crippen molar-refractivity contribution >= 4 is 17.3 Å². The second-order valence-electron chi connectivity index (χ2n) is 7.45. The molecule has 128 valence electrons. The van der Waals surface area contributed by atoms with Crippen molar-refractivity contribution in [3.8, 4) is 0 Å². The van der Waals surface area contributed by atoms with Gasteiger partial charge in [0.2, 0.25) is 0 Å². The first-order chi connectivity index (χ1) is 12.2. The summed E-state index contributed by atoms with van der Waals surface area (Å²) in [4.78, 5) is 22.8. The highest BCUT2D eigenvalue weighted by atomic mass is 16.4. The van der Waals surface area contributed by atoms with Gasteiger partial charge in [-0.2, -0.15) is 0 Å². The lowest BCUT2D eigenvalue weighted by atomic mass is 10.0. The third-order valence-electron chi connectivity index (χ3n) is 5.41. The average Bonchev–Trinajstić information content (AvgIpc) is 3.52. The summed E-state index contributed by atoms with van der Waals surface area (Å²) in [6.07, 6.45) is 6.83. The van der Waals surface area contributed by atoms with Crippen LogP contribution in [0.2, 0.25) is 0 Å². The Kier molecular flexibility index (Phi) is 3.30. The van der Waals surface area contributed by atoms with Gasteiger partial charge < -0.3 is 10.0 Å². The summed E-state index contributed by atoms with van der Waals surface area (Å²) in [5.74, 6) is 0.305. The number of carboxylic acids is 1. The second kappa shape index (κ2) is 5.55. The number of hydrogen-bond donors (Lipinski definition) is 1. The van der Waals surface area contributed by atoms with Crippen LogP contribution >= 0.6 is 0 Å². The molecule has 5 rings (SSSR count). The van der Waals surface area contributed by atoms with Crippen LogP contribution in [0.15, 0.2) is 24.3 Å². The van der Waals surface area contributed by atoms with Crippen LogP contribution in [0.25, 0.3) is 0 Å². The van der Waals surface area contributed by atoms with E-state index < -0.39 is 5.97 Å². The fourth-order valence-corrected chi connectivity index (χ4v) is 3.73.